The molecule has 3 fully saturated rings. The van der Waals surface area contributed by atoms with Gasteiger partial charge in [0.05, 0.1) is 38.6 Å². The Kier molecular flexibility index (Phi) is 53.7. The molecule has 0 aromatic heterocycles. The number of carbonyl (C=O) groups excluding carboxylic acids is 1. The van der Waals surface area contributed by atoms with Crippen LogP contribution in [0.25, 0.3) is 0 Å². The maximum absolute atomic E-state index is 13.5. The molecular formula is C79H137NO18. The van der Waals surface area contributed by atoms with Crippen LogP contribution in [-0.2, 0) is 33.2 Å². The largest absolute Gasteiger partial charge is 0.394 e. The second kappa shape index (κ2) is 59.1. The van der Waals surface area contributed by atoms with Crippen molar-refractivity contribution in [2.24, 2.45) is 0 Å². The van der Waals surface area contributed by atoms with Crippen molar-refractivity contribution in [3.63, 3.8) is 0 Å². The van der Waals surface area contributed by atoms with Gasteiger partial charge in [0.15, 0.2) is 18.9 Å². The van der Waals surface area contributed by atoms with Gasteiger partial charge >= 0.3 is 0 Å². The molecule has 0 aromatic carbocycles. The van der Waals surface area contributed by atoms with Gasteiger partial charge in [0.25, 0.3) is 0 Å². The van der Waals surface area contributed by atoms with Crippen LogP contribution in [0.3, 0.4) is 0 Å². The Hall–Kier alpha value is -3.29. The van der Waals surface area contributed by atoms with Crippen molar-refractivity contribution in [1.82, 2.24) is 5.32 Å². The SMILES string of the molecule is CC/C=C\C/C=C\C/C=C\C/C=C\C/C=C\C/C=C\CCCCCCCCCCCCCCC(=O)NC(COC1OC(CO)C(OC2OC(CO)C(OC3OC(CO)C(O)C(O)C3O)C(O)C2O)C(O)C1O)C(O)/C=C/CC/C=C/CCCCCCCCCCCCCCCCCC. The minimum Gasteiger partial charge on any atom is -0.394 e. The Bertz CT molecular complexity index is 2150. The number of aliphatic hydroxyl groups excluding tert-OH is 11. The number of carbonyl (C=O) groups is 1. The number of unbranched alkanes of at least 4 members (excludes halogenated alkanes) is 29. The number of nitrogens with one attached hydrogen (secondary N) is 1. The predicted molar refractivity (Wildman–Crippen MR) is 387 cm³/mol. The lowest BCUT2D eigenvalue weighted by Gasteiger charge is -2.48. The van der Waals surface area contributed by atoms with Crippen molar-refractivity contribution in [3.05, 3.63) is 97.2 Å². The molecule has 3 saturated heterocycles. The second-order valence-electron chi connectivity index (χ2n) is 27.1. The minimum absolute atomic E-state index is 0.228. The van der Waals surface area contributed by atoms with Crippen LogP contribution in [0.5, 0.6) is 0 Å². The molecule has 3 rings (SSSR count). The summed E-state index contributed by atoms with van der Waals surface area (Å²) < 4.78 is 34.4. The Labute approximate surface area is 590 Å². The topological polar surface area (TPSA) is 307 Å². The Morgan fingerprint density at radius 3 is 1.14 bits per heavy atom. The highest BCUT2D eigenvalue weighted by Gasteiger charge is 2.53. The van der Waals surface area contributed by atoms with E-state index in [-0.39, 0.29) is 18.9 Å². The molecule has 0 radical (unpaired) electrons. The number of rotatable bonds is 59. The van der Waals surface area contributed by atoms with E-state index < -0.39 is 124 Å². The summed E-state index contributed by atoms with van der Waals surface area (Å²) in [5.74, 6) is -0.289. The molecule has 3 heterocycles. The molecule has 19 nitrogen and oxygen atoms in total. The summed E-state index contributed by atoms with van der Waals surface area (Å²) in [5.41, 5.74) is 0. The lowest BCUT2D eigenvalue weighted by Crippen LogP contribution is -2.66. The molecule has 0 spiro atoms. The second-order valence-corrected chi connectivity index (χ2v) is 27.1. The summed E-state index contributed by atoms with van der Waals surface area (Å²) in [5, 5.41) is 121. The van der Waals surface area contributed by atoms with Crippen molar-refractivity contribution < 1.29 is 89.4 Å². The monoisotopic (exact) mass is 1390 g/mol. The summed E-state index contributed by atoms with van der Waals surface area (Å²) >= 11 is 0. The van der Waals surface area contributed by atoms with Gasteiger partial charge in [-0.3, -0.25) is 4.79 Å². The molecule has 1 amide bonds. The summed E-state index contributed by atoms with van der Waals surface area (Å²) in [6.45, 7) is 1.62. The van der Waals surface area contributed by atoms with Crippen LogP contribution in [0.4, 0.5) is 0 Å². The molecule has 3 aliphatic rings. The fourth-order valence-electron chi connectivity index (χ4n) is 12.4. The third-order valence-electron chi connectivity index (χ3n) is 18.6. The number of ether oxygens (including phenoxy) is 6. The van der Waals surface area contributed by atoms with Crippen LogP contribution >= 0.6 is 0 Å². The van der Waals surface area contributed by atoms with E-state index in [1.54, 1.807) is 6.08 Å². The first-order valence-electron chi connectivity index (χ1n) is 38.5. The van der Waals surface area contributed by atoms with Crippen LogP contribution in [0.2, 0.25) is 0 Å². The first-order valence-corrected chi connectivity index (χ1v) is 38.5. The van der Waals surface area contributed by atoms with Crippen molar-refractivity contribution in [1.29, 1.82) is 0 Å². The van der Waals surface area contributed by atoms with E-state index in [0.29, 0.717) is 12.8 Å². The molecule has 17 unspecified atom stereocenters. The average molecular weight is 1390 g/mol. The predicted octanol–water partition coefficient (Wildman–Crippen LogP) is 12.0. The smallest absolute Gasteiger partial charge is 0.220 e. The van der Waals surface area contributed by atoms with Gasteiger partial charge in [-0.05, 0) is 83.5 Å². The summed E-state index contributed by atoms with van der Waals surface area (Å²) in [7, 11) is 0. The molecule has 3 aliphatic heterocycles. The van der Waals surface area contributed by atoms with Gasteiger partial charge in [0.2, 0.25) is 5.91 Å². The van der Waals surface area contributed by atoms with Crippen molar-refractivity contribution in [2.45, 2.75) is 369 Å². The van der Waals surface area contributed by atoms with Gasteiger partial charge in [-0.25, -0.2) is 0 Å². The van der Waals surface area contributed by atoms with Gasteiger partial charge in [-0.15, -0.1) is 0 Å². The molecule has 0 bridgehead atoms. The average Bonchev–Trinajstić information content (AvgIpc) is 0.785. The quantitative estimate of drug-likeness (QED) is 0.0199. The third-order valence-corrected chi connectivity index (χ3v) is 18.6. The lowest BCUT2D eigenvalue weighted by molar-refractivity contribution is -0.379. The van der Waals surface area contributed by atoms with Crippen LogP contribution in [-0.4, -0.2) is 193 Å². The third kappa shape index (κ3) is 39.4. The Morgan fingerprint density at radius 1 is 0.378 bits per heavy atom. The molecule has 17 atom stereocenters. The van der Waals surface area contributed by atoms with E-state index in [9.17, 15) is 61.0 Å². The molecule has 12 N–H and O–H groups in total. The van der Waals surface area contributed by atoms with E-state index in [2.05, 4.69) is 104 Å². The van der Waals surface area contributed by atoms with Crippen molar-refractivity contribution in [2.75, 3.05) is 26.4 Å². The zero-order valence-electron chi connectivity index (χ0n) is 60.2. The highest BCUT2D eigenvalue weighted by atomic mass is 16.8. The zero-order valence-corrected chi connectivity index (χ0v) is 60.2. The molecule has 0 saturated carbocycles. The summed E-state index contributed by atoms with van der Waals surface area (Å²) in [6, 6.07) is -0.998. The van der Waals surface area contributed by atoms with Gasteiger partial charge in [0, 0.05) is 6.42 Å². The highest BCUT2D eigenvalue weighted by molar-refractivity contribution is 5.76. The first kappa shape index (κ1) is 88.9. The summed E-state index contributed by atoms with van der Waals surface area (Å²) in [4.78, 5) is 13.5. The lowest BCUT2D eigenvalue weighted by atomic mass is 9.96. The molecule has 19 heteroatoms. The van der Waals surface area contributed by atoms with E-state index in [4.69, 9.17) is 28.4 Å². The highest BCUT2D eigenvalue weighted by Crippen LogP contribution is 2.33. The number of allylic oxidation sites excluding steroid dienone is 15. The standard InChI is InChI=1S/C79H137NO18/c1-3-5-7-9-11-13-15-17-19-21-23-25-27-28-29-30-31-32-33-34-35-37-39-41-43-45-47-49-51-53-55-57-67(85)80-62(63(84)56-54-52-50-48-46-44-42-40-38-36-26-24-22-20-18-16-14-12-10-8-6-4-2)61-93-77-73(91)70(88)75(65(59-82)95-77)98-79-74(92)71(89)76(66(60-83)96-79)97-78-72(90)69(87)68(86)64(58-81)94-78/h5,7,11,13,17,19,23,25,28-29,31-32,46,48,54,56,62-66,68-79,81-84,86-92H,3-4,6,8-10,12,14-16,18,20-22,24,26-27,30,33-45,47,49-53,55,57-61H2,1-2H3,(H,80,85)/b7-5-,13-11-,19-17-,25-23-,29-28-,32-31-,48-46+,56-54+. The van der Waals surface area contributed by atoms with Gasteiger partial charge in [-0.2, -0.15) is 0 Å². The van der Waals surface area contributed by atoms with Crippen LogP contribution in [0.15, 0.2) is 97.2 Å². The van der Waals surface area contributed by atoms with Crippen LogP contribution < -0.4 is 5.32 Å². The van der Waals surface area contributed by atoms with Gasteiger partial charge < -0.3 is 89.9 Å². The normalized spacial score (nSPS) is 27.3. The van der Waals surface area contributed by atoms with E-state index in [0.717, 1.165) is 89.9 Å². The number of aliphatic hydroxyl groups is 11. The molecular weight excluding hydrogens is 1250 g/mol. The van der Waals surface area contributed by atoms with E-state index in [1.807, 2.05) is 6.08 Å². The van der Waals surface area contributed by atoms with Crippen molar-refractivity contribution >= 4 is 5.91 Å². The minimum atomic E-state index is -1.99. The number of hydrogen-bond acceptors (Lipinski definition) is 18. The van der Waals surface area contributed by atoms with Crippen LogP contribution in [0, 0.1) is 0 Å². The Morgan fingerprint density at radius 2 is 0.714 bits per heavy atom. The van der Waals surface area contributed by atoms with E-state index >= 15 is 0 Å². The maximum atomic E-state index is 13.5. The van der Waals surface area contributed by atoms with Gasteiger partial charge in [-0.1, -0.05) is 272 Å². The van der Waals surface area contributed by atoms with Crippen molar-refractivity contribution in [3.8, 4) is 0 Å². The van der Waals surface area contributed by atoms with Gasteiger partial charge in [0.1, 0.15) is 73.2 Å². The number of hydrogen-bond donors (Lipinski definition) is 12. The maximum Gasteiger partial charge on any atom is 0.220 e. The zero-order chi connectivity index (χ0) is 71.1. The first-order chi connectivity index (χ1) is 47.8. The van der Waals surface area contributed by atoms with E-state index in [1.165, 1.54) is 141 Å². The summed E-state index contributed by atoms with van der Waals surface area (Å²) in [6.07, 6.45) is 52.4. The van der Waals surface area contributed by atoms with Crippen LogP contribution in [0.1, 0.15) is 264 Å². The fourth-order valence-corrected chi connectivity index (χ4v) is 12.4. The Balaban J connectivity index is 1.40. The molecule has 0 aliphatic carbocycles. The molecule has 566 valence electrons. The molecule has 98 heavy (non-hydrogen) atoms. The fraction of sp³-hybridized carbons (Fsp3) is 0.785. The number of amides is 1. The molecule has 0 aromatic rings.